The van der Waals surface area contributed by atoms with Crippen LogP contribution in [0.25, 0.3) is 11.3 Å². The highest BCUT2D eigenvalue weighted by Crippen LogP contribution is 2.18. The fraction of sp³-hybridized carbons (Fsp3) is 0.100. The fourth-order valence-corrected chi connectivity index (χ4v) is 1.09. The summed E-state index contributed by atoms with van der Waals surface area (Å²) in [7, 11) is 0. The Kier molecular flexibility index (Phi) is 1.67. The molecule has 0 aliphatic carbocycles. The highest BCUT2D eigenvalue weighted by atomic mass is 16.3. The van der Waals surface area contributed by atoms with Gasteiger partial charge in [-0.3, -0.25) is 0 Å². The maximum absolute atomic E-state index is 5.14. The third-order valence-corrected chi connectivity index (χ3v) is 1.65. The smallest absolute Gasteiger partial charge is 0.181 e. The lowest BCUT2D eigenvalue weighted by atomic mass is 10.1. The predicted octanol–water partition coefficient (Wildman–Crippen LogP) is 2.45. The molecule has 2 heteroatoms. The van der Waals surface area contributed by atoms with Crippen LogP contribution in [0.3, 0.4) is 0 Å². The first-order valence-electron chi connectivity index (χ1n) is 3.73. The summed E-state index contributed by atoms with van der Waals surface area (Å²) in [6.07, 6.45) is 3.13. The fourth-order valence-electron chi connectivity index (χ4n) is 1.09. The Balaban J connectivity index is 2.48. The Hall–Kier alpha value is -1.57. The van der Waals surface area contributed by atoms with Crippen molar-refractivity contribution >= 4 is 0 Å². The molecule has 0 N–H and O–H groups in total. The number of hydrogen-bond acceptors (Lipinski definition) is 2. The number of hydrogen-bond donors (Lipinski definition) is 0. The van der Waals surface area contributed by atoms with Gasteiger partial charge < -0.3 is 4.42 Å². The molecule has 2 rings (SSSR count). The van der Waals surface area contributed by atoms with E-state index in [0.717, 1.165) is 11.3 Å². The molecule has 1 aromatic heterocycles. The molecule has 0 bridgehead atoms. The van der Waals surface area contributed by atoms with Gasteiger partial charge in [0.1, 0.15) is 0 Å². The average molecular weight is 158 g/mol. The summed E-state index contributed by atoms with van der Waals surface area (Å²) in [5.41, 5.74) is 2.19. The third kappa shape index (κ3) is 1.23. The molecule has 0 aliphatic rings. The lowest BCUT2D eigenvalue weighted by molar-refractivity contribution is 0.572. The molecule has 12 heavy (non-hydrogen) atoms. The highest BCUT2D eigenvalue weighted by Gasteiger charge is 1.99. The van der Waals surface area contributed by atoms with Crippen molar-refractivity contribution in [3.63, 3.8) is 0 Å². The molecule has 0 unspecified atom stereocenters. The van der Waals surface area contributed by atoms with Crippen molar-refractivity contribution in [2.24, 2.45) is 0 Å². The molecule has 0 saturated heterocycles. The molecule has 1 radical (unpaired) electrons. The summed E-state index contributed by atoms with van der Waals surface area (Å²) in [5.74, 6) is 0.787. The summed E-state index contributed by atoms with van der Waals surface area (Å²) in [6, 6.07) is 8.88. The maximum Gasteiger partial charge on any atom is 0.181 e. The van der Waals surface area contributed by atoms with Gasteiger partial charge in [-0.25, -0.2) is 4.98 Å². The van der Waals surface area contributed by atoms with Crippen LogP contribution >= 0.6 is 0 Å². The van der Waals surface area contributed by atoms with E-state index < -0.39 is 0 Å². The number of oxazole rings is 1. The van der Waals surface area contributed by atoms with E-state index in [1.807, 2.05) is 25.1 Å². The van der Waals surface area contributed by atoms with Crippen molar-refractivity contribution in [3.8, 4) is 11.3 Å². The topological polar surface area (TPSA) is 26.0 Å². The van der Waals surface area contributed by atoms with Crippen LogP contribution < -0.4 is 0 Å². The third-order valence-electron chi connectivity index (χ3n) is 1.65. The Morgan fingerprint density at radius 3 is 3.00 bits per heavy atom. The molecule has 59 valence electrons. The van der Waals surface area contributed by atoms with Crippen LogP contribution in [0.15, 0.2) is 35.2 Å². The highest BCUT2D eigenvalue weighted by molar-refractivity contribution is 5.56. The number of rotatable bonds is 1. The van der Waals surface area contributed by atoms with Crippen molar-refractivity contribution in [2.45, 2.75) is 6.92 Å². The van der Waals surface area contributed by atoms with Crippen LogP contribution in [0.5, 0.6) is 0 Å². The van der Waals surface area contributed by atoms with E-state index in [4.69, 9.17) is 4.42 Å². The summed E-state index contributed by atoms with van der Waals surface area (Å²) in [6.45, 7) is 2.02. The molecule has 2 aromatic rings. The minimum atomic E-state index is 0.787. The van der Waals surface area contributed by atoms with Crippen LogP contribution in [0.1, 0.15) is 5.56 Å². The minimum absolute atomic E-state index is 0.787. The van der Waals surface area contributed by atoms with Crippen molar-refractivity contribution in [1.82, 2.24) is 4.98 Å². The normalized spacial score (nSPS) is 10.1. The van der Waals surface area contributed by atoms with E-state index in [1.165, 1.54) is 12.0 Å². The second-order valence-electron chi connectivity index (χ2n) is 2.66. The summed E-state index contributed by atoms with van der Waals surface area (Å²) >= 11 is 0. The minimum Gasteiger partial charge on any atom is -0.444 e. The largest absolute Gasteiger partial charge is 0.444 e. The first kappa shape index (κ1) is 7.10. The van der Waals surface area contributed by atoms with Gasteiger partial charge in [0.05, 0.1) is 6.20 Å². The van der Waals surface area contributed by atoms with Crippen LogP contribution in [0.4, 0.5) is 0 Å². The molecule has 0 spiro atoms. The van der Waals surface area contributed by atoms with Gasteiger partial charge >= 0.3 is 0 Å². The van der Waals surface area contributed by atoms with Crippen molar-refractivity contribution in [2.75, 3.05) is 0 Å². The summed E-state index contributed by atoms with van der Waals surface area (Å²) in [5, 5.41) is 0. The van der Waals surface area contributed by atoms with E-state index in [-0.39, 0.29) is 0 Å². The summed E-state index contributed by atoms with van der Waals surface area (Å²) < 4.78 is 5.14. The zero-order valence-electron chi connectivity index (χ0n) is 6.74. The van der Waals surface area contributed by atoms with Gasteiger partial charge in [0, 0.05) is 5.56 Å². The van der Waals surface area contributed by atoms with Gasteiger partial charge in [-0.15, -0.1) is 0 Å². The zero-order chi connectivity index (χ0) is 8.39. The number of nitrogens with zero attached hydrogens (tertiary/aromatic N) is 1. The average Bonchev–Trinajstić information content (AvgIpc) is 2.56. The van der Waals surface area contributed by atoms with Crippen molar-refractivity contribution in [3.05, 3.63) is 42.4 Å². The predicted molar refractivity (Wildman–Crippen MR) is 45.5 cm³/mol. The molecule has 0 aliphatic heterocycles. The standard InChI is InChI=1S/C10H8NO/c1-8-3-2-4-9(5-8)10-6-11-7-12-10/h3-7H,1H3. The first-order valence-corrected chi connectivity index (χ1v) is 3.73. The van der Waals surface area contributed by atoms with Gasteiger partial charge in [-0.05, 0) is 30.7 Å². The lowest BCUT2D eigenvalue weighted by Gasteiger charge is -1.95. The Labute approximate surface area is 70.9 Å². The van der Waals surface area contributed by atoms with Crippen molar-refractivity contribution < 1.29 is 4.42 Å². The molecule has 0 atom stereocenters. The first-order chi connectivity index (χ1) is 5.86. The van der Waals surface area contributed by atoms with Crippen LogP contribution in [-0.2, 0) is 0 Å². The van der Waals surface area contributed by atoms with E-state index in [2.05, 4.69) is 11.1 Å². The van der Waals surface area contributed by atoms with Gasteiger partial charge in [-0.2, -0.15) is 0 Å². The van der Waals surface area contributed by atoms with Crippen LogP contribution in [0.2, 0.25) is 0 Å². The SMILES string of the molecule is Cc1c[c]cc(-c2cnco2)c1. The molecule has 0 saturated carbocycles. The molecule has 0 fully saturated rings. The molecule has 1 heterocycles. The number of aromatic nitrogens is 1. The van der Waals surface area contributed by atoms with Gasteiger partial charge in [0.2, 0.25) is 0 Å². The molecule has 2 nitrogen and oxygen atoms in total. The molecule has 0 amide bonds. The summed E-state index contributed by atoms with van der Waals surface area (Å²) in [4.78, 5) is 3.85. The van der Waals surface area contributed by atoms with Gasteiger partial charge in [0.25, 0.3) is 0 Å². The van der Waals surface area contributed by atoms with E-state index in [0.29, 0.717) is 0 Å². The number of aryl methyl sites for hydroxylation is 1. The van der Waals surface area contributed by atoms with E-state index in [9.17, 15) is 0 Å². The van der Waals surface area contributed by atoms with Crippen LogP contribution in [0, 0.1) is 13.0 Å². The second-order valence-corrected chi connectivity index (χ2v) is 2.66. The maximum atomic E-state index is 5.14. The number of benzene rings is 1. The lowest BCUT2D eigenvalue weighted by Crippen LogP contribution is -1.75. The van der Waals surface area contributed by atoms with E-state index in [1.54, 1.807) is 6.20 Å². The van der Waals surface area contributed by atoms with Gasteiger partial charge in [0.15, 0.2) is 12.2 Å². The Bertz CT molecular complexity index is 365. The monoisotopic (exact) mass is 158 g/mol. The Morgan fingerprint density at radius 1 is 1.42 bits per heavy atom. The molecular weight excluding hydrogens is 150 g/mol. The molecular formula is C10H8NO. The zero-order valence-corrected chi connectivity index (χ0v) is 6.74. The second kappa shape index (κ2) is 2.81. The Morgan fingerprint density at radius 2 is 2.33 bits per heavy atom. The van der Waals surface area contributed by atoms with Crippen molar-refractivity contribution in [1.29, 1.82) is 0 Å². The quantitative estimate of drug-likeness (QED) is 0.637. The van der Waals surface area contributed by atoms with Gasteiger partial charge in [-0.1, -0.05) is 6.07 Å². The van der Waals surface area contributed by atoms with Crippen LogP contribution in [-0.4, -0.2) is 4.98 Å². The molecule has 1 aromatic carbocycles. The van der Waals surface area contributed by atoms with E-state index >= 15 is 0 Å².